The summed E-state index contributed by atoms with van der Waals surface area (Å²) in [6.45, 7) is 1.81. The molecule has 2 N–H and O–H groups in total. The van der Waals surface area contributed by atoms with Crippen molar-refractivity contribution >= 4 is 15.9 Å². The second kappa shape index (κ2) is 4.60. The summed E-state index contributed by atoms with van der Waals surface area (Å²) in [5, 5.41) is 1.84. The van der Waals surface area contributed by atoms with Crippen LogP contribution in [0.1, 0.15) is 24.3 Å². The van der Waals surface area contributed by atoms with E-state index in [1.54, 1.807) is 0 Å². The van der Waals surface area contributed by atoms with Gasteiger partial charge in [-0.2, -0.15) is 0 Å². The Morgan fingerprint density at radius 2 is 2.27 bits per heavy atom. The number of hydrazine groups is 1. The zero-order chi connectivity index (χ0) is 10.8. The van der Waals surface area contributed by atoms with Gasteiger partial charge in [0.1, 0.15) is 5.82 Å². The molecular formula is C11H14BrFN2. The van der Waals surface area contributed by atoms with Crippen LogP contribution in [0.5, 0.6) is 0 Å². The number of piperidine rings is 1. The lowest BCUT2D eigenvalue weighted by molar-refractivity contribution is 0.212. The Kier molecular flexibility index (Phi) is 3.38. The fraction of sp³-hybridized carbons (Fsp3) is 0.455. The third-order valence-corrected chi connectivity index (χ3v) is 3.54. The summed E-state index contributed by atoms with van der Waals surface area (Å²) in [7, 11) is 0. The first-order chi connectivity index (χ1) is 7.16. The SMILES string of the molecule is NN1CCCC(c2ccc(F)cc2Br)C1. The minimum absolute atomic E-state index is 0.203. The molecule has 0 aromatic heterocycles. The number of halogens is 2. The third kappa shape index (κ3) is 2.56. The predicted molar refractivity (Wildman–Crippen MR) is 61.8 cm³/mol. The van der Waals surface area contributed by atoms with Gasteiger partial charge in [-0.25, -0.2) is 9.40 Å². The molecule has 1 aliphatic rings. The average molecular weight is 273 g/mol. The predicted octanol–water partition coefficient (Wildman–Crippen LogP) is 2.64. The molecule has 2 nitrogen and oxygen atoms in total. The fourth-order valence-electron chi connectivity index (χ4n) is 2.09. The zero-order valence-electron chi connectivity index (χ0n) is 8.42. The lowest BCUT2D eigenvalue weighted by atomic mass is 9.91. The molecule has 0 radical (unpaired) electrons. The molecule has 1 saturated heterocycles. The highest BCUT2D eigenvalue weighted by Gasteiger charge is 2.21. The first-order valence-electron chi connectivity index (χ1n) is 5.11. The van der Waals surface area contributed by atoms with Crippen LogP contribution in [-0.2, 0) is 0 Å². The summed E-state index contributed by atoms with van der Waals surface area (Å²) in [6.07, 6.45) is 2.23. The van der Waals surface area contributed by atoms with Crippen LogP contribution in [0.4, 0.5) is 4.39 Å². The van der Waals surface area contributed by atoms with E-state index in [1.807, 2.05) is 11.1 Å². The van der Waals surface area contributed by atoms with Crippen molar-refractivity contribution in [3.63, 3.8) is 0 Å². The highest BCUT2D eigenvalue weighted by Crippen LogP contribution is 2.31. The first-order valence-corrected chi connectivity index (χ1v) is 5.90. The van der Waals surface area contributed by atoms with E-state index in [2.05, 4.69) is 15.9 Å². The molecule has 1 aliphatic heterocycles. The highest BCUT2D eigenvalue weighted by molar-refractivity contribution is 9.10. The van der Waals surface area contributed by atoms with Crippen LogP contribution in [0.25, 0.3) is 0 Å². The second-order valence-corrected chi connectivity index (χ2v) is 4.85. The quantitative estimate of drug-likeness (QED) is 0.797. The van der Waals surface area contributed by atoms with Crippen molar-refractivity contribution in [3.8, 4) is 0 Å². The van der Waals surface area contributed by atoms with E-state index in [1.165, 1.54) is 12.1 Å². The molecule has 0 saturated carbocycles. The average Bonchev–Trinajstić information content (AvgIpc) is 2.17. The molecule has 1 aromatic carbocycles. The first kappa shape index (κ1) is 11.0. The summed E-state index contributed by atoms with van der Waals surface area (Å²) in [5.74, 6) is 6.00. The van der Waals surface area contributed by atoms with E-state index in [0.29, 0.717) is 5.92 Å². The smallest absolute Gasteiger partial charge is 0.124 e. The van der Waals surface area contributed by atoms with Gasteiger partial charge in [0.15, 0.2) is 0 Å². The van der Waals surface area contributed by atoms with Gasteiger partial charge in [-0.3, -0.25) is 5.84 Å². The Hall–Kier alpha value is -0.450. The van der Waals surface area contributed by atoms with E-state index < -0.39 is 0 Å². The van der Waals surface area contributed by atoms with Gasteiger partial charge in [-0.15, -0.1) is 0 Å². The summed E-state index contributed by atoms with van der Waals surface area (Å²) >= 11 is 3.40. The van der Waals surface area contributed by atoms with Crippen molar-refractivity contribution < 1.29 is 4.39 Å². The van der Waals surface area contributed by atoms with Crippen LogP contribution in [-0.4, -0.2) is 18.1 Å². The largest absolute Gasteiger partial charge is 0.269 e. The molecule has 82 valence electrons. The Morgan fingerprint density at radius 3 is 2.93 bits per heavy atom. The summed E-state index contributed by atoms with van der Waals surface area (Å²) < 4.78 is 13.8. The monoisotopic (exact) mass is 272 g/mol. The summed E-state index contributed by atoms with van der Waals surface area (Å²) in [5.41, 5.74) is 1.16. The van der Waals surface area contributed by atoms with Gasteiger partial charge in [0, 0.05) is 17.6 Å². The van der Waals surface area contributed by atoms with Gasteiger partial charge in [-0.05, 0) is 36.5 Å². The van der Waals surface area contributed by atoms with Gasteiger partial charge < -0.3 is 0 Å². The van der Waals surface area contributed by atoms with Crippen molar-refractivity contribution in [2.24, 2.45) is 5.84 Å². The Morgan fingerprint density at radius 1 is 1.47 bits per heavy atom. The van der Waals surface area contributed by atoms with Crippen molar-refractivity contribution in [2.45, 2.75) is 18.8 Å². The van der Waals surface area contributed by atoms with Crippen LogP contribution >= 0.6 is 15.9 Å². The zero-order valence-corrected chi connectivity index (χ0v) is 10.0. The van der Waals surface area contributed by atoms with Gasteiger partial charge in [0.2, 0.25) is 0 Å². The number of benzene rings is 1. The van der Waals surface area contributed by atoms with Crippen molar-refractivity contribution in [2.75, 3.05) is 13.1 Å². The maximum absolute atomic E-state index is 12.9. The Balaban J connectivity index is 2.21. The lowest BCUT2D eigenvalue weighted by Gasteiger charge is -2.30. The molecule has 0 spiro atoms. The van der Waals surface area contributed by atoms with Crippen LogP contribution < -0.4 is 5.84 Å². The number of rotatable bonds is 1. The van der Waals surface area contributed by atoms with E-state index in [-0.39, 0.29) is 5.82 Å². The molecular weight excluding hydrogens is 259 g/mol. The Bertz CT molecular complexity index is 356. The molecule has 1 heterocycles. The minimum atomic E-state index is -0.203. The maximum atomic E-state index is 12.9. The molecule has 2 rings (SSSR count). The maximum Gasteiger partial charge on any atom is 0.124 e. The molecule has 1 aromatic rings. The van der Waals surface area contributed by atoms with Crippen molar-refractivity contribution in [1.29, 1.82) is 0 Å². The molecule has 1 fully saturated rings. The molecule has 1 atom stereocenters. The van der Waals surface area contributed by atoms with E-state index in [0.717, 1.165) is 36.0 Å². The summed E-state index contributed by atoms with van der Waals surface area (Å²) in [6, 6.07) is 4.88. The standard InChI is InChI=1S/C11H14BrFN2/c12-11-6-9(13)3-4-10(11)8-2-1-5-15(14)7-8/h3-4,6,8H,1-2,5,7,14H2. The third-order valence-electron chi connectivity index (χ3n) is 2.86. The fourth-order valence-corrected chi connectivity index (χ4v) is 2.77. The van der Waals surface area contributed by atoms with Crippen LogP contribution in [0.3, 0.4) is 0 Å². The molecule has 0 aliphatic carbocycles. The van der Waals surface area contributed by atoms with Crippen LogP contribution in [0.15, 0.2) is 22.7 Å². The minimum Gasteiger partial charge on any atom is -0.269 e. The molecule has 1 unspecified atom stereocenters. The number of hydrogen-bond donors (Lipinski definition) is 1. The molecule has 15 heavy (non-hydrogen) atoms. The Labute approximate surface area is 97.4 Å². The number of hydrogen-bond acceptors (Lipinski definition) is 2. The van der Waals surface area contributed by atoms with Crippen molar-refractivity contribution in [3.05, 3.63) is 34.1 Å². The van der Waals surface area contributed by atoms with Gasteiger partial charge in [0.05, 0.1) is 0 Å². The van der Waals surface area contributed by atoms with Gasteiger partial charge in [-0.1, -0.05) is 22.0 Å². The number of nitrogens with zero attached hydrogens (tertiary/aromatic N) is 1. The van der Waals surface area contributed by atoms with E-state index in [4.69, 9.17) is 5.84 Å². The topological polar surface area (TPSA) is 29.3 Å². The lowest BCUT2D eigenvalue weighted by Crippen LogP contribution is -2.39. The van der Waals surface area contributed by atoms with Crippen molar-refractivity contribution in [1.82, 2.24) is 5.01 Å². The molecule has 0 bridgehead atoms. The van der Waals surface area contributed by atoms with E-state index >= 15 is 0 Å². The van der Waals surface area contributed by atoms with Crippen LogP contribution in [0, 0.1) is 5.82 Å². The second-order valence-electron chi connectivity index (χ2n) is 4.00. The van der Waals surface area contributed by atoms with Gasteiger partial charge >= 0.3 is 0 Å². The van der Waals surface area contributed by atoms with Crippen LogP contribution in [0.2, 0.25) is 0 Å². The van der Waals surface area contributed by atoms with Gasteiger partial charge in [0.25, 0.3) is 0 Å². The molecule has 0 amide bonds. The molecule has 4 heteroatoms. The highest BCUT2D eigenvalue weighted by atomic mass is 79.9. The number of nitrogens with two attached hydrogens (primary N) is 1. The summed E-state index contributed by atoms with van der Waals surface area (Å²) in [4.78, 5) is 0. The normalized spacial score (nSPS) is 23.0. The van der Waals surface area contributed by atoms with E-state index in [9.17, 15) is 4.39 Å².